The van der Waals surface area contributed by atoms with E-state index >= 15 is 0 Å². The highest BCUT2D eigenvalue weighted by atomic mass is 35.5. The van der Waals surface area contributed by atoms with Crippen LogP contribution in [0, 0.1) is 17.8 Å². The molecule has 0 aliphatic carbocycles. The van der Waals surface area contributed by atoms with Crippen molar-refractivity contribution in [2.75, 3.05) is 13.1 Å². The maximum absolute atomic E-state index is 12.8. The van der Waals surface area contributed by atoms with E-state index in [2.05, 4.69) is 33.0 Å². The molecule has 1 fully saturated rings. The summed E-state index contributed by atoms with van der Waals surface area (Å²) in [4.78, 5) is 12.6. The Morgan fingerprint density at radius 2 is 1.71 bits per heavy atom. The highest BCUT2D eigenvalue weighted by Crippen LogP contribution is 2.26. The van der Waals surface area contributed by atoms with Crippen LogP contribution in [0.1, 0.15) is 46.1 Å². The number of hydrogen-bond acceptors (Lipinski definition) is 3. The smallest absolute Gasteiger partial charge is 0.223 e. The monoisotopic (exact) mass is 448 g/mol. The molecule has 2 rings (SSSR count). The van der Waals surface area contributed by atoms with Crippen molar-refractivity contribution in [3.63, 3.8) is 0 Å². The van der Waals surface area contributed by atoms with Gasteiger partial charge in [0, 0.05) is 35.1 Å². The van der Waals surface area contributed by atoms with E-state index in [0.29, 0.717) is 53.4 Å². The number of carbonyl (C=O) groups is 1. The predicted octanol–water partition coefficient (Wildman–Crippen LogP) is 4.33. The van der Waals surface area contributed by atoms with Crippen LogP contribution in [0.15, 0.2) is 18.2 Å². The first kappa shape index (κ1) is 23.5. The molecule has 8 heteroatoms. The van der Waals surface area contributed by atoms with Gasteiger partial charge in [-0.1, -0.05) is 57.0 Å². The van der Waals surface area contributed by atoms with Crippen LogP contribution < -0.4 is 5.32 Å². The number of hydrogen-bond donors (Lipinski definition) is 1. The lowest BCUT2D eigenvalue weighted by Gasteiger charge is -2.33. The van der Waals surface area contributed by atoms with E-state index < -0.39 is 10.0 Å². The molecule has 0 bridgehead atoms. The van der Waals surface area contributed by atoms with Gasteiger partial charge in [-0.05, 0) is 42.4 Å². The summed E-state index contributed by atoms with van der Waals surface area (Å²) in [7, 11) is -3.50. The van der Waals surface area contributed by atoms with Crippen LogP contribution >= 0.6 is 23.2 Å². The summed E-state index contributed by atoms with van der Waals surface area (Å²) < 4.78 is 27.0. The molecule has 0 radical (unpaired) electrons. The van der Waals surface area contributed by atoms with Crippen molar-refractivity contribution < 1.29 is 13.2 Å². The molecule has 1 aromatic rings. The van der Waals surface area contributed by atoms with Crippen molar-refractivity contribution in [2.45, 2.75) is 52.3 Å². The average Bonchev–Trinajstić information content (AvgIpc) is 2.61. The Labute approximate surface area is 178 Å². The zero-order valence-corrected chi connectivity index (χ0v) is 19.2. The number of amides is 1. The molecule has 0 unspecified atom stereocenters. The average molecular weight is 449 g/mol. The van der Waals surface area contributed by atoms with Gasteiger partial charge in [0.15, 0.2) is 0 Å². The number of nitrogens with zero attached hydrogens (tertiary/aromatic N) is 1. The van der Waals surface area contributed by atoms with E-state index in [4.69, 9.17) is 23.2 Å². The van der Waals surface area contributed by atoms with E-state index in [1.165, 1.54) is 4.31 Å². The quantitative estimate of drug-likeness (QED) is 0.674. The lowest BCUT2D eigenvalue weighted by molar-refractivity contribution is -0.127. The Morgan fingerprint density at radius 1 is 1.14 bits per heavy atom. The molecule has 1 aliphatic rings. The summed E-state index contributed by atoms with van der Waals surface area (Å²) in [6, 6.07) is 4.95. The fourth-order valence-corrected chi connectivity index (χ4v) is 5.86. The molecule has 1 heterocycles. The number of halogens is 2. The van der Waals surface area contributed by atoms with Gasteiger partial charge < -0.3 is 5.32 Å². The summed E-state index contributed by atoms with van der Waals surface area (Å²) in [5.41, 5.74) is 0.530. The Bertz CT molecular complexity index is 781. The minimum atomic E-state index is -3.50. The number of carbonyl (C=O) groups excluding carboxylic acids is 1. The molecule has 1 aromatic carbocycles. The van der Waals surface area contributed by atoms with E-state index in [-0.39, 0.29) is 23.6 Å². The zero-order valence-electron chi connectivity index (χ0n) is 16.9. The molecule has 1 amide bonds. The van der Waals surface area contributed by atoms with Gasteiger partial charge in [-0.2, -0.15) is 0 Å². The lowest BCUT2D eigenvalue weighted by Crippen LogP contribution is -2.48. The second kappa shape index (κ2) is 9.79. The minimum absolute atomic E-state index is 0.0326. The minimum Gasteiger partial charge on any atom is -0.353 e. The van der Waals surface area contributed by atoms with Crippen molar-refractivity contribution >= 4 is 39.1 Å². The summed E-state index contributed by atoms with van der Waals surface area (Å²) >= 11 is 12.0. The topological polar surface area (TPSA) is 66.5 Å². The lowest BCUT2D eigenvalue weighted by atomic mass is 9.91. The van der Waals surface area contributed by atoms with Gasteiger partial charge in [-0.3, -0.25) is 4.79 Å². The maximum Gasteiger partial charge on any atom is 0.223 e. The molecule has 0 aromatic heterocycles. The highest BCUT2D eigenvalue weighted by molar-refractivity contribution is 7.88. The molecule has 5 nitrogen and oxygen atoms in total. The van der Waals surface area contributed by atoms with Crippen LogP contribution in [0.2, 0.25) is 10.0 Å². The fourth-order valence-electron chi connectivity index (χ4n) is 3.71. The van der Waals surface area contributed by atoms with E-state index in [1.807, 2.05) is 0 Å². The van der Waals surface area contributed by atoms with Crippen molar-refractivity contribution in [3.05, 3.63) is 33.8 Å². The second-order valence-corrected chi connectivity index (χ2v) is 11.0. The molecule has 0 spiro atoms. The van der Waals surface area contributed by atoms with Crippen LogP contribution in [0.4, 0.5) is 0 Å². The third-order valence-corrected chi connectivity index (χ3v) is 7.73. The standard InChI is InChI=1S/C20H30Cl2N2O3S/c1-13(2)19(14(3)4)23-20(25)15-7-9-24(10-8-15)28(26,27)12-16-5-6-17(21)11-18(16)22/h5-6,11,13-15,19H,7-10,12H2,1-4H3,(H,23,25). The highest BCUT2D eigenvalue weighted by Gasteiger charge is 2.32. The van der Waals surface area contributed by atoms with Gasteiger partial charge >= 0.3 is 0 Å². The van der Waals surface area contributed by atoms with Crippen molar-refractivity contribution in [2.24, 2.45) is 17.8 Å². The Balaban J connectivity index is 1.95. The molecule has 0 atom stereocenters. The Morgan fingerprint density at radius 3 is 2.21 bits per heavy atom. The molecule has 1 aliphatic heterocycles. The number of rotatable bonds is 7. The Hall–Kier alpha value is -0.820. The Kier molecular flexibility index (Phi) is 8.20. The van der Waals surface area contributed by atoms with Crippen LogP contribution in [0.5, 0.6) is 0 Å². The van der Waals surface area contributed by atoms with Crippen molar-refractivity contribution in [3.8, 4) is 0 Å². The summed E-state index contributed by atoms with van der Waals surface area (Å²) in [5, 5.41) is 3.97. The largest absolute Gasteiger partial charge is 0.353 e. The normalized spacial score (nSPS) is 16.9. The summed E-state index contributed by atoms with van der Waals surface area (Å²) in [5.74, 6) is 0.431. The SMILES string of the molecule is CC(C)C(NC(=O)C1CCN(S(=O)(=O)Cc2ccc(Cl)cc2Cl)CC1)C(C)C. The molecular formula is C20H30Cl2N2O3S. The number of piperidine rings is 1. The second-order valence-electron chi connectivity index (χ2n) is 8.19. The van der Waals surface area contributed by atoms with Crippen molar-refractivity contribution in [1.82, 2.24) is 9.62 Å². The van der Waals surface area contributed by atoms with Crippen LogP contribution in [-0.2, 0) is 20.6 Å². The number of sulfonamides is 1. The first-order chi connectivity index (χ1) is 13.0. The van der Waals surface area contributed by atoms with Crippen LogP contribution in [-0.4, -0.2) is 37.8 Å². The van der Waals surface area contributed by atoms with Gasteiger partial charge in [0.25, 0.3) is 0 Å². The van der Waals surface area contributed by atoms with E-state index in [9.17, 15) is 13.2 Å². The number of benzene rings is 1. The van der Waals surface area contributed by atoms with Gasteiger partial charge in [-0.15, -0.1) is 0 Å². The summed E-state index contributed by atoms with van der Waals surface area (Å²) in [6.45, 7) is 9.09. The molecule has 0 saturated carbocycles. The number of nitrogens with one attached hydrogen (secondary N) is 1. The fraction of sp³-hybridized carbons (Fsp3) is 0.650. The molecule has 28 heavy (non-hydrogen) atoms. The first-order valence-electron chi connectivity index (χ1n) is 9.73. The van der Waals surface area contributed by atoms with Crippen LogP contribution in [0.3, 0.4) is 0 Å². The third kappa shape index (κ3) is 6.09. The molecular weight excluding hydrogens is 419 g/mol. The molecule has 1 saturated heterocycles. The predicted molar refractivity (Wildman–Crippen MR) is 115 cm³/mol. The maximum atomic E-state index is 12.8. The van der Waals surface area contributed by atoms with Gasteiger partial charge in [0.2, 0.25) is 15.9 Å². The van der Waals surface area contributed by atoms with Crippen molar-refractivity contribution in [1.29, 1.82) is 0 Å². The van der Waals surface area contributed by atoms with E-state index in [1.54, 1.807) is 18.2 Å². The van der Waals surface area contributed by atoms with Gasteiger partial charge in [0.1, 0.15) is 0 Å². The molecule has 1 N–H and O–H groups in total. The first-order valence-corrected chi connectivity index (χ1v) is 12.1. The van der Waals surface area contributed by atoms with E-state index in [0.717, 1.165) is 0 Å². The van der Waals surface area contributed by atoms with Gasteiger partial charge in [0.05, 0.1) is 5.75 Å². The summed E-state index contributed by atoms with van der Waals surface area (Å²) in [6.07, 6.45) is 1.06. The third-order valence-electron chi connectivity index (χ3n) is 5.32. The van der Waals surface area contributed by atoms with Gasteiger partial charge in [-0.25, -0.2) is 12.7 Å². The van der Waals surface area contributed by atoms with Crippen LogP contribution in [0.25, 0.3) is 0 Å². The molecule has 158 valence electrons. The zero-order chi connectivity index (χ0) is 21.1.